The van der Waals surface area contributed by atoms with Gasteiger partial charge in [-0.25, -0.2) is 0 Å². The highest BCUT2D eigenvalue weighted by Crippen LogP contribution is 2.28. The molecule has 0 saturated carbocycles. The fourth-order valence-electron chi connectivity index (χ4n) is 2.17. The van der Waals surface area contributed by atoms with Gasteiger partial charge in [-0.05, 0) is 29.0 Å². The Labute approximate surface area is 105 Å². The van der Waals surface area contributed by atoms with Crippen molar-refractivity contribution in [2.45, 2.75) is 6.04 Å². The van der Waals surface area contributed by atoms with Gasteiger partial charge in [0.25, 0.3) is 0 Å². The molecule has 0 N–H and O–H groups in total. The van der Waals surface area contributed by atoms with Gasteiger partial charge in [0.15, 0.2) is 0 Å². The summed E-state index contributed by atoms with van der Waals surface area (Å²) in [4.78, 5) is 1.32. The van der Waals surface area contributed by atoms with Crippen molar-refractivity contribution in [3.05, 3.63) is 71.6 Å². The first-order valence-electron chi connectivity index (χ1n) is 5.61. The minimum atomic E-state index is 0.231. The SMILES string of the molecule is C=C[C@@H](c1cccs1)n1ccc2ccccc21. The molecule has 0 aliphatic carbocycles. The van der Waals surface area contributed by atoms with Gasteiger partial charge in [-0.3, -0.25) is 0 Å². The molecule has 0 radical (unpaired) electrons. The Morgan fingerprint density at radius 1 is 1.12 bits per heavy atom. The molecule has 1 atom stereocenters. The van der Waals surface area contributed by atoms with Crippen LogP contribution in [0.2, 0.25) is 0 Å². The lowest BCUT2D eigenvalue weighted by Gasteiger charge is -2.14. The van der Waals surface area contributed by atoms with Crippen molar-refractivity contribution in [2.24, 2.45) is 0 Å². The molecule has 0 saturated heterocycles. The molecule has 2 heterocycles. The third-order valence-electron chi connectivity index (χ3n) is 2.99. The maximum Gasteiger partial charge on any atom is 0.0859 e. The zero-order valence-electron chi connectivity index (χ0n) is 9.41. The Morgan fingerprint density at radius 3 is 2.76 bits per heavy atom. The zero-order chi connectivity index (χ0) is 11.7. The molecule has 3 aromatic rings. The summed E-state index contributed by atoms with van der Waals surface area (Å²) in [6.07, 6.45) is 4.13. The minimum Gasteiger partial charge on any atom is -0.336 e. The highest BCUT2D eigenvalue weighted by atomic mass is 32.1. The van der Waals surface area contributed by atoms with Crippen molar-refractivity contribution in [1.82, 2.24) is 4.57 Å². The first-order chi connectivity index (χ1) is 8.40. The van der Waals surface area contributed by atoms with E-state index in [0.717, 1.165) is 0 Å². The first kappa shape index (κ1) is 10.4. The van der Waals surface area contributed by atoms with Gasteiger partial charge in [0, 0.05) is 16.6 Å². The normalized spacial score (nSPS) is 12.7. The monoisotopic (exact) mass is 239 g/mol. The third kappa shape index (κ3) is 1.71. The minimum absolute atomic E-state index is 0.231. The second-order valence-electron chi connectivity index (χ2n) is 3.98. The molecule has 0 bridgehead atoms. The van der Waals surface area contributed by atoms with E-state index >= 15 is 0 Å². The lowest BCUT2D eigenvalue weighted by molar-refractivity contribution is 0.744. The second-order valence-corrected chi connectivity index (χ2v) is 4.96. The molecule has 0 amide bonds. The van der Waals surface area contributed by atoms with Crippen LogP contribution in [0, 0.1) is 0 Å². The Bertz CT molecular complexity index is 634. The van der Waals surface area contributed by atoms with E-state index in [4.69, 9.17) is 0 Å². The molecule has 0 spiro atoms. The van der Waals surface area contributed by atoms with E-state index in [1.807, 2.05) is 6.08 Å². The van der Waals surface area contributed by atoms with Crippen LogP contribution in [-0.4, -0.2) is 4.57 Å². The molecule has 0 fully saturated rings. The molecule has 1 aromatic carbocycles. The predicted molar refractivity (Wildman–Crippen MR) is 74.6 cm³/mol. The van der Waals surface area contributed by atoms with Crippen LogP contribution in [0.5, 0.6) is 0 Å². The van der Waals surface area contributed by atoms with Crippen LogP contribution in [0.15, 0.2) is 66.7 Å². The maximum absolute atomic E-state index is 3.97. The van der Waals surface area contributed by atoms with Gasteiger partial charge in [-0.1, -0.05) is 30.3 Å². The Hall–Kier alpha value is -1.80. The number of para-hydroxylation sites is 1. The van der Waals surface area contributed by atoms with Crippen molar-refractivity contribution >= 4 is 22.2 Å². The highest BCUT2D eigenvalue weighted by Gasteiger charge is 2.12. The molecular formula is C15H13NS. The summed E-state index contributed by atoms with van der Waals surface area (Å²) in [5.74, 6) is 0. The molecule has 0 aliphatic heterocycles. The number of allylic oxidation sites excluding steroid dienone is 1. The van der Waals surface area contributed by atoms with Gasteiger partial charge in [0.1, 0.15) is 0 Å². The highest BCUT2D eigenvalue weighted by molar-refractivity contribution is 7.10. The summed E-state index contributed by atoms with van der Waals surface area (Å²) in [5, 5.41) is 3.38. The van der Waals surface area contributed by atoms with Crippen LogP contribution in [0.4, 0.5) is 0 Å². The Morgan fingerprint density at radius 2 is 2.00 bits per heavy atom. The van der Waals surface area contributed by atoms with Crippen molar-refractivity contribution in [3.8, 4) is 0 Å². The fourth-order valence-corrected chi connectivity index (χ4v) is 2.99. The van der Waals surface area contributed by atoms with Gasteiger partial charge < -0.3 is 4.57 Å². The van der Waals surface area contributed by atoms with E-state index < -0.39 is 0 Å². The lowest BCUT2D eigenvalue weighted by atomic mass is 10.2. The van der Waals surface area contributed by atoms with E-state index in [2.05, 4.69) is 65.2 Å². The van der Waals surface area contributed by atoms with Crippen LogP contribution in [0.25, 0.3) is 10.9 Å². The first-order valence-corrected chi connectivity index (χ1v) is 6.49. The second kappa shape index (κ2) is 4.22. The van der Waals surface area contributed by atoms with Crippen molar-refractivity contribution < 1.29 is 0 Å². The summed E-state index contributed by atoms with van der Waals surface area (Å²) in [6.45, 7) is 3.97. The van der Waals surface area contributed by atoms with Crippen LogP contribution in [0.3, 0.4) is 0 Å². The summed E-state index contributed by atoms with van der Waals surface area (Å²) in [7, 11) is 0. The maximum atomic E-state index is 3.97. The number of thiophene rings is 1. The summed E-state index contributed by atoms with van der Waals surface area (Å²) in [5.41, 5.74) is 1.26. The van der Waals surface area contributed by atoms with Crippen molar-refractivity contribution in [1.29, 1.82) is 0 Å². The number of hydrogen-bond acceptors (Lipinski definition) is 1. The molecule has 3 rings (SSSR count). The number of hydrogen-bond donors (Lipinski definition) is 0. The van der Waals surface area contributed by atoms with Crippen LogP contribution in [-0.2, 0) is 0 Å². The Balaban J connectivity index is 2.17. The van der Waals surface area contributed by atoms with E-state index in [0.29, 0.717) is 0 Å². The average molecular weight is 239 g/mol. The van der Waals surface area contributed by atoms with Gasteiger partial charge >= 0.3 is 0 Å². The molecule has 1 nitrogen and oxygen atoms in total. The molecule has 2 aromatic heterocycles. The van der Waals surface area contributed by atoms with Gasteiger partial charge in [-0.2, -0.15) is 0 Å². The number of benzene rings is 1. The molecule has 84 valence electrons. The van der Waals surface area contributed by atoms with E-state index in [1.54, 1.807) is 11.3 Å². The number of nitrogens with zero attached hydrogens (tertiary/aromatic N) is 1. The smallest absolute Gasteiger partial charge is 0.0859 e. The molecule has 2 heteroatoms. The topological polar surface area (TPSA) is 4.93 Å². The van der Waals surface area contributed by atoms with Crippen molar-refractivity contribution in [2.75, 3.05) is 0 Å². The van der Waals surface area contributed by atoms with E-state index in [-0.39, 0.29) is 6.04 Å². The number of aromatic nitrogens is 1. The number of rotatable bonds is 3. The standard InChI is InChI=1S/C15H13NS/c1-2-13(15-8-5-11-17-15)16-10-9-12-6-3-4-7-14(12)16/h2-11,13H,1H2/t13-/m0/s1. The quantitative estimate of drug-likeness (QED) is 0.594. The fraction of sp³-hybridized carbons (Fsp3) is 0.0667. The summed E-state index contributed by atoms with van der Waals surface area (Å²) >= 11 is 1.77. The third-order valence-corrected chi connectivity index (χ3v) is 3.93. The largest absolute Gasteiger partial charge is 0.336 e. The Kier molecular flexibility index (Phi) is 2.57. The molecule has 0 aliphatic rings. The van der Waals surface area contributed by atoms with Gasteiger partial charge in [-0.15, -0.1) is 17.9 Å². The molecular weight excluding hydrogens is 226 g/mol. The molecule has 0 unspecified atom stereocenters. The lowest BCUT2D eigenvalue weighted by Crippen LogP contribution is -2.04. The molecule has 17 heavy (non-hydrogen) atoms. The van der Waals surface area contributed by atoms with Gasteiger partial charge in [0.2, 0.25) is 0 Å². The van der Waals surface area contributed by atoms with Crippen LogP contribution >= 0.6 is 11.3 Å². The van der Waals surface area contributed by atoms with Crippen molar-refractivity contribution in [3.63, 3.8) is 0 Å². The average Bonchev–Trinajstić information content (AvgIpc) is 3.01. The van der Waals surface area contributed by atoms with E-state index in [1.165, 1.54) is 15.8 Å². The summed E-state index contributed by atoms with van der Waals surface area (Å²) in [6, 6.07) is 15.1. The summed E-state index contributed by atoms with van der Waals surface area (Å²) < 4.78 is 2.27. The van der Waals surface area contributed by atoms with Crippen LogP contribution in [0.1, 0.15) is 10.9 Å². The van der Waals surface area contributed by atoms with Gasteiger partial charge in [0.05, 0.1) is 6.04 Å². The van der Waals surface area contributed by atoms with E-state index in [9.17, 15) is 0 Å². The predicted octanol–water partition coefficient (Wildman–Crippen LogP) is 4.48. The van der Waals surface area contributed by atoms with Crippen LogP contribution < -0.4 is 0 Å². The zero-order valence-corrected chi connectivity index (χ0v) is 10.2. The number of fused-ring (bicyclic) bond motifs is 1.